The first kappa shape index (κ1) is 15.4. The SMILES string of the molecule is CCCCCNC(=O)C(C)NC(CC)CO. The second-order valence-electron chi connectivity index (χ2n) is 4.17. The van der Waals surface area contributed by atoms with Crippen LogP contribution < -0.4 is 10.6 Å². The van der Waals surface area contributed by atoms with Crippen molar-refractivity contribution in [3.05, 3.63) is 0 Å². The third-order valence-corrected chi connectivity index (χ3v) is 2.67. The number of nitrogens with one attached hydrogen (secondary N) is 2. The van der Waals surface area contributed by atoms with Gasteiger partial charge in [-0.05, 0) is 19.8 Å². The van der Waals surface area contributed by atoms with E-state index < -0.39 is 0 Å². The molecule has 0 aromatic heterocycles. The van der Waals surface area contributed by atoms with Gasteiger partial charge in [0.15, 0.2) is 0 Å². The van der Waals surface area contributed by atoms with Crippen LogP contribution in [0.1, 0.15) is 46.5 Å². The van der Waals surface area contributed by atoms with Crippen molar-refractivity contribution in [3.8, 4) is 0 Å². The Morgan fingerprint density at radius 3 is 2.50 bits per heavy atom. The Hall–Kier alpha value is -0.610. The minimum absolute atomic E-state index is 0.0105. The van der Waals surface area contributed by atoms with Crippen molar-refractivity contribution in [2.45, 2.75) is 58.5 Å². The van der Waals surface area contributed by atoms with Gasteiger partial charge in [0.05, 0.1) is 12.6 Å². The predicted molar refractivity (Wildman–Crippen MR) is 66.3 cm³/mol. The van der Waals surface area contributed by atoms with E-state index in [4.69, 9.17) is 5.11 Å². The quantitative estimate of drug-likeness (QED) is 0.519. The van der Waals surface area contributed by atoms with E-state index in [9.17, 15) is 4.79 Å². The van der Waals surface area contributed by atoms with Gasteiger partial charge in [-0.3, -0.25) is 4.79 Å². The second-order valence-corrected chi connectivity index (χ2v) is 4.17. The topological polar surface area (TPSA) is 61.4 Å². The smallest absolute Gasteiger partial charge is 0.236 e. The van der Waals surface area contributed by atoms with Crippen molar-refractivity contribution >= 4 is 5.91 Å². The molecule has 4 heteroatoms. The maximum atomic E-state index is 11.6. The van der Waals surface area contributed by atoms with Crippen LogP contribution in [0.2, 0.25) is 0 Å². The Morgan fingerprint density at radius 1 is 1.31 bits per heavy atom. The number of aliphatic hydroxyl groups excluding tert-OH is 1. The van der Waals surface area contributed by atoms with Gasteiger partial charge in [0, 0.05) is 12.6 Å². The van der Waals surface area contributed by atoms with Crippen LogP contribution in [-0.4, -0.2) is 36.2 Å². The molecule has 0 aliphatic rings. The maximum Gasteiger partial charge on any atom is 0.236 e. The van der Waals surface area contributed by atoms with Crippen LogP contribution >= 0.6 is 0 Å². The summed E-state index contributed by atoms with van der Waals surface area (Å²) in [5, 5.41) is 15.0. The zero-order valence-electron chi connectivity index (χ0n) is 10.8. The molecule has 0 rings (SSSR count). The van der Waals surface area contributed by atoms with Gasteiger partial charge in [0.25, 0.3) is 0 Å². The zero-order chi connectivity index (χ0) is 12.4. The predicted octanol–water partition coefficient (Wildman–Crippen LogP) is 1.04. The van der Waals surface area contributed by atoms with Crippen LogP contribution in [0, 0.1) is 0 Å². The van der Waals surface area contributed by atoms with E-state index in [1.54, 1.807) is 0 Å². The lowest BCUT2D eigenvalue weighted by Gasteiger charge is -2.19. The van der Waals surface area contributed by atoms with Crippen molar-refractivity contribution in [1.29, 1.82) is 0 Å². The fourth-order valence-corrected chi connectivity index (χ4v) is 1.47. The molecule has 2 atom stereocenters. The molecule has 2 unspecified atom stereocenters. The maximum absolute atomic E-state index is 11.6. The second kappa shape index (κ2) is 9.60. The number of hydrogen-bond donors (Lipinski definition) is 3. The molecule has 0 radical (unpaired) electrons. The summed E-state index contributed by atoms with van der Waals surface area (Å²) in [4.78, 5) is 11.6. The van der Waals surface area contributed by atoms with E-state index in [0.717, 1.165) is 32.2 Å². The van der Waals surface area contributed by atoms with Crippen LogP contribution in [0.3, 0.4) is 0 Å². The molecule has 0 aromatic carbocycles. The van der Waals surface area contributed by atoms with Crippen molar-refractivity contribution in [2.24, 2.45) is 0 Å². The Kier molecular flexibility index (Phi) is 9.24. The summed E-state index contributed by atoms with van der Waals surface area (Å²) in [6, 6.07) is -0.227. The number of carbonyl (C=O) groups is 1. The summed E-state index contributed by atoms with van der Waals surface area (Å²) >= 11 is 0. The van der Waals surface area contributed by atoms with Gasteiger partial charge in [-0.25, -0.2) is 0 Å². The normalized spacial score (nSPS) is 14.5. The van der Waals surface area contributed by atoms with E-state index in [1.807, 2.05) is 13.8 Å². The van der Waals surface area contributed by atoms with Crippen LogP contribution in [0.5, 0.6) is 0 Å². The molecule has 0 fully saturated rings. The Morgan fingerprint density at radius 2 is 2.00 bits per heavy atom. The lowest BCUT2D eigenvalue weighted by atomic mass is 10.2. The third-order valence-electron chi connectivity index (χ3n) is 2.67. The van der Waals surface area contributed by atoms with Crippen molar-refractivity contribution < 1.29 is 9.90 Å². The lowest BCUT2D eigenvalue weighted by molar-refractivity contribution is -0.123. The van der Waals surface area contributed by atoms with Crippen LogP contribution in [0.25, 0.3) is 0 Å². The van der Waals surface area contributed by atoms with Crippen molar-refractivity contribution in [2.75, 3.05) is 13.2 Å². The highest BCUT2D eigenvalue weighted by atomic mass is 16.3. The molecule has 0 saturated heterocycles. The third kappa shape index (κ3) is 6.80. The van der Waals surface area contributed by atoms with Gasteiger partial charge in [-0.1, -0.05) is 26.7 Å². The fourth-order valence-electron chi connectivity index (χ4n) is 1.47. The number of amides is 1. The lowest BCUT2D eigenvalue weighted by Crippen LogP contribution is -2.47. The zero-order valence-corrected chi connectivity index (χ0v) is 10.8. The van der Waals surface area contributed by atoms with Crippen LogP contribution in [-0.2, 0) is 4.79 Å². The van der Waals surface area contributed by atoms with E-state index in [1.165, 1.54) is 0 Å². The summed E-state index contributed by atoms with van der Waals surface area (Å²) < 4.78 is 0. The molecule has 16 heavy (non-hydrogen) atoms. The number of hydrogen-bond acceptors (Lipinski definition) is 3. The molecule has 0 aliphatic carbocycles. The minimum atomic E-state index is -0.237. The highest BCUT2D eigenvalue weighted by molar-refractivity contribution is 5.81. The van der Waals surface area contributed by atoms with Gasteiger partial charge in [-0.2, -0.15) is 0 Å². The number of carbonyl (C=O) groups excluding carboxylic acids is 1. The number of unbranched alkanes of at least 4 members (excludes halogenated alkanes) is 2. The molecular weight excluding hydrogens is 204 g/mol. The molecule has 0 aromatic rings. The van der Waals surface area contributed by atoms with Gasteiger partial charge in [-0.15, -0.1) is 0 Å². The molecule has 0 heterocycles. The first-order chi connectivity index (χ1) is 7.65. The fraction of sp³-hybridized carbons (Fsp3) is 0.917. The van der Waals surface area contributed by atoms with E-state index in [2.05, 4.69) is 17.6 Å². The molecule has 0 saturated carbocycles. The first-order valence-corrected chi connectivity index (χ1v) is 6.30. The molecular formula is C12H26N2O2. The van der Waals surface area contributed by atoms with E-state index >= 15 is 0 Å². The minimum Gasteiger partial charge on any atom is -0.395 e. The highest BCUT2D eigenvalue weighted by Crippen LogP contribution is 1.94. The Labute approximate surface area is 98.8 Å². The first-order valence-electron chi connectivity index (χ1n) is 6.30. The van der Waals surface area contributed by atoms with Gasteiger partial charge in [0.1, 0.15) is 0 Å². The summed E-state index contributed by atoms with van der Waals surface area (Å²) in [6.45, 7) is 6.77. The molecule has 96 valence electrons. The molecule has 0 spiro atoms. The summed E-state index contributed by atoms with van der Waals surface area (Å²) in [6.07, 6.45) is 4.17. The number of aliphatic hydroxyl groups is 1. The molecule has 0 bridgehead atoms. The van der Waals surface area contributed by atoms with Crippen LogP contribution in [0.4, 0.5) is 0 Å². The van der Waals surface area contributed by atoms with Gasteiger partial charge >= 0.3 is 0 Å². The van der Waals surface area contributed by atoms with Gasteiger partial charge < -0.3 is 15.7 Å². The molecule has 3 N–H and O–H groups in total. The van der Waals surface area contributed by atoms with Crippen LogP contribution in [0.15, 0.2) is 0 Å². The Balaban J connectivity index is 3.72. The average Bonchev–Trinajstić information content (AvgIpc) is 2.30. The highest BCUT2D eigenvalue weighted by Gasteiger charge is 2.15. The monoisotopic (exact) mass is 230 g/mol. The summed E-state index contributed by atoms with van der Waals surface area (Å²) in [5.41, 5.74) is 0. The van der Waals surface area contributed by atoms with Gasteiger partial charge in [0.2, 0.25) is 5.91 Å². The largest absolute Gasteiger partial charge is 0.395 e. The molecule has 0 aliphatic heterocycles. The van der Waals surface area contributed by atoms with Crippen molar-refractivity contribution in [1.82, 2.24) is 10.6 Å². The summed E-state index contributed by atoms with van der Waals surface area (Å²) in [7, 11) is 0. The number of rotatable bonds is 9. The average molecular weight is 230 g/mol. The molecule has 1 amide bonds. The van der Waals surface area contributed by atoms with E-state index in [-0.39, 0.29) is 24.6 Å². The van der Waals surface area contributed by atoms with Crippen molar-refractivity contribution in [3.63, 3.8) is 0 Å². The Bertz CT molecular complexity index is 182. The summed E-state index contributed by atoms with van der Waals surface area (Å²) in [5.74, 6) is 0.0167. The molecule has 4 nitrogen and oxygen atoms in total. The van der Waals surface area contributed by atoms with E-state index in [0.29, 0.717) is 0 Å². The standard InChI is InChI=1S/C12H26N2O2/c1-4-6-7-8-13-12(16)10(3)14-11(5-2)9-15/h10-11,14-15H,4-9H2,1-3H3,(H,13,16).